The van der Waals surface area contributed by atoms with Crippen LogP contribution in [-0.2, 0) is 6.42 Å². The van der Waals surface area contributed by atoms with E-state index in [1.165, 1.54) is 44.9 Å². The molecular weight excluding hydrogens is 324 g/mol. The van der Waals surface area contributed by atoms with Gasteiger partial charge in [0.1, 0.15) is 0 Å². The Labute approximate surface area is 135 Å². The number of rotatable bonds is 4. The Kier molecular flexibility index (Phi) is 4.51. The van der Waals surface area contributed by atoms with Gasteiger partial charge in [0.05, 0.1) is 0 Å². The highest BCUT2D eigenvalue weighted by molar-refractivity contribution is 9.10. The highest BCUT2D eigenvalue weighted by Gasteiger charge is 2.16. The number of hydrogen-bond acceptors (Lipinski definition) is 1. The van der Waals surface area contributed by atoms with E-state index in [9.17, 15) is 0 Å². The van der Waals surface area contributed by atoms with E-state index in [0.717, 1.165) is 25.9 Å². The second-order valence-electron chi connectivity index (χ2n) is 6.01. The van der Waals surface area contributed by atoms with Crippen LogP contribution >= 0.6 is 15.9 Å². The minimum Gasteiger partial charge on any atom is -0.361 e. The molecule has 0 bridgehead atoms. The molecule has 1 N–H and O–H groups in total. The van der Waals surface area contributed by atoms with Gasteiger partial charge in [-0.1, -0.05) is 25.5 Å². The molecule has 0 aliphatic carbocycles. The maximum atomic E-state index is 3.86. The van der Waals surface area contributed by atoms with Crippen molar-refractivity contribution in [1.82, 2.24) is 9.88 Å². The zero-order valence-electron chi connectivity index (χ0n) is 12.9. The van der Waals surface area contributed by atoms with E-state index in [0.29, 0.717) is 0 Å². The Morgan fingerprint density at radius 1 is 1.33 bits per heavy atom. The summed E-state index contributed by atoms with van der Waals surface area (Å²) < 4.78 is 1.28. The molecule has 3 rings (SSSR count). The van der Waals surface area contributed by atoms with Gasteiger partial charge in [-0.15, -0.1) is 0 Å². The third kappa shape index (κ3) is 2.95. The van der Waals surface area contributed by atoms with Crippen molar-refractivity contribution in [2.24, 2.45) is 0 Å². The van der Waals surface area contributed by atoms with Crippen molar-refractivity contribution < 1.29 is 0 Å². The van der Waals surface area contributed by atoms with Crippen molar-refractivity contribution >= 4 is 32.4 Å². The number of H-pyrrole nitrogens is 1. The topological polar surface area (TPSA) is 19.0 Å². The fourth-order valence-electron chi connectivity index (χ4n) is 3.05. The van der Waals surface area contributed by atoms with Crippen LogP contribution in [0.25, 0.3) is 16.5 Å². The van der Waals surface area contributed by atoms with Crippen LogP contribution in [0.1, 0.15) is 37.3 Å². The molecule has 0 atom stereocenters. The molecule has 112 valence electrons. The van der Waals surface area contributed by atoms with Gasteiger partial charge >= 0.3 is 0 Å². The second-order valence-corrected chi connectivity index (χ2v) is 6.80. The van der Waals surface area contributed by atoms with Crippen molar-refractivity contribution in [3.05, 3.63) is 40.0 Å². The van der Waals surface area contributed by atoms with Crippen LogP contribution in [0.4, 0.5) is 0 Å². The molecule has 1 aliphatic heterocycles. The maximum absolute atomic E-state index is 3.86. The zero-order chi connectivity index (χ0) is 14.8. The minimum absolute atomic E-state index is 1.05. The van der Waals surface area contributed by atoms with Crippen molar-refractivity contribution in [2.75, 3.05) is 20.1 Å². The summed E-state index contributed by atoms with van der Waals surface area (Å²) in [7, 11) is 2.18. The van der Waals surface area contributed by atoms with Gasteiger partial charge < -0.3 is 9.88 Å². The molecular formula is C18H23BrN2. The molecule has 0 fully saturated rings. The molecule has 1 aliphatic rings. The number of nitrogens with one attached hydrogen (secondary N) is 1. The molecule has 0 spiro atoms. The Hall–Kier alpha value is -1.06. The van der Waals surface area contributed by atoms with Crippen LogP contribution < -0.4 is 0 Å². The van der Waals surface area contributed by atoms with Gasteiger partial charge in [0.2, 0.25) is 0 Å². The Morgan fingerprint density at radius 2 is 2.19 bits per heavy atom. The van der Waals surface area contributed by atoms with Crippen molar-refractivity contribution in [1.29, 1.82) is 0 Å². The van der Waals surface area contributed by atoms with E-state index in [4.69, 9.17) is 0 Å². The molecule has 2 nitrogen and oxygen atoms in total. The van der Waals surface area contributed by atoms with Gasteiger partial charge in [-0.25, -0.2) is 0 Å². The lowest BCUT2D eigenvalue weighted by Gasteiger charge is -2.22. The van der Waals surface area contributed by atoms with Gasteiger partial charge in [-0.2, -0.15) is 0 Å². The summed E-state index contributed by atoms with van der Waals surface area (Å²) in [6.07, 6.45) is 9.32. The first-order chi connectivity index (χ1) is 10.2. The summed E-state index contributed by atoms with van der Waals surface area (Å²) in [6, 6.07) is 4.48. The van der Waals surface area contributed by atoms with Crippen molar-refractivity contribution in [2.45, 2.75) is 32.6 Å². The number of halogens is 1. The third-order valence-corrected chi connectivity index (χ3v) is 5.33. The number of aromatic amines is 1. The first-order valence-electron chi connectivity index (χ1n) is 7.87. The monoisotopic (exact) mass is 346 g/mol. The minimum atomic E-state index is 1.05. The third-order valence-electron chi connectivity index (χ3n) is 4.42. The molecule has 21 heavy (non-hydrogen) atoms. The van der Waals surface area contributed by atoms with E-state index in [1.807, 2.05) is 0 Å². The molecule has 1 aromatic heterocycles. The smallest absolute Gasteiger partial charge is 0.0471 e. The summed E-state index contributed by atoms with van der Waals surface area (Å²) in [5.41, 5.74) is 5.52. The van der Waals surface area contributed by atoms with Gasteiger partial charge in [0.15, 0.2) is 0 Å². The second kappa shape index (κ2) is 6.37. The highest BCUT2D eigenvalue weighted by atomic mass is 79.9. The number of likely N-dealkylation sites (N-methyl/N-ethyl adjacent to an activating group) is 1. The summed E-state index contributed by atoms with van der Waals surface area (Å²) in [5.74, 6) is 0. The van der Waals surface area contributed by atoms with Crippen molar-refractivity contribution in [3.63, 3.8) is 0 Å². The van der Waals surface area contributed by atoms with E-state index in [1.54, 1.807) is 0 Å². The molecule has 2 heterocycles. The SMILES string of the molecule is CCCCc1ccc2[nH]cc(C3=CCN(C)CC3)c2c1Br. The van der Waals surface area contributed by atoms with E-state index in [2.05, 4.69) is 64.2 Å². The Balaban J connectivity index is 2.03. The van der Waals surface area contributed by atoms with Crippen LogP contribution in [0.5, 0.6) is 0 Å². The number of aryl methyl sites for hydroxylation is 1. The van der Waals surface area contributed by atoms with Gasteiger partial charge in [0.25, 0.3) is 0 Å². The first-order valence-corrected chi connectivity index (χ1v) is 8.66. The first kappa shape index (κ1) is 14.9. The number of aromatic nitrogens is 1. The Morgan fingerprint density at radius 3 is 2.90 bits per heavy atom. The lowest BCUT2D eigenvalue weighted by molar-refractivity contribution is 0.370. The average Bonchev–Trinajstić information content (AvgIpc) is 2.92. The molecule has 0 saturated carbocycles. The van der Waals surface area contributed by atoms with Crippen LogP contribution in [-0.4, -0.2) is 30.0 Å². The van der Waals surface area contributed by atoms with Gasteiger partial charge in [-0.3, -0.25) is 0 Å². The number of benzene rings is 1. The van der Waals surface area contributed by atoms with Crippen LogP contribution in [0.2, 0.25) is 0 Å². The number of fused-ring (bicyclic) bond motifs is 1. The number of unbranched alkanes of at least 4 members (excludes halogenated alkanes) is 1. The summed E-state index contributed by atoms with van der Waals surface area (Å²) >= 11 is 3.86. The predicted molar refractivity (Wildman–Crippen MR) is 94.7 cm³/mol. The predicted octanol–water partition coefficient (Wildman–Crippen LogP) is 4.99. The van der Waals surface area contributed by atoms with Crippen LogP contribution in [0.15, 0.2) is 28.9 Å². The van der Waals surface area contributed by atoms with Crippen LogP contribution in [0, 0.1) is 0 Å². The largest absolute Gasteiger partial charge is 0.361 e. The lowest BCUT2D eigenvalue weighted by atomic mass is 9.97. The number of hydrogen-bond donors (Lipinski definition) is 1. The van der Waals surface area contributed by atoms with E-state index < -0.39 is 0 Å². The lowest BCUT2D eigenvalue weighted by Crippen LogP contribution is -2.23. The van der Waals surface area contributed by atoms with Crippen LogP contribution in [0.3, 0.4) is 0 Å². The quantitative estimate of drug-likeness (QED) is 0.825. The number of nitrogens with zero attached hydrogens (tertiary/aromatic N) is 1. The van der Waals surface area contributed by atoms with Gasteiger partial charge in [-0.05, 0) is 59.4 Å². The summed E-state index contributed by atoms with van der Waals surface area (Å²) in [4.78, 5) is 5.80. The Bertz CT molecular complexity index is 669. The van der Waals surface area contributed by atoms with E-state index in [-0.39, 0.29) is 0 Å². The molecule has 0 amide bonds. The fraction of sp³-hybridized carbons (Fsp3) is 0.444. The van der Waals surface area contributed by atoms with Crippen molar-refractivity contribution in [3.8, 4) is 0 Å². The fourth-order valence-corrected chi connectivity index (χ4v) is 3.81. The standard InChI is InChI=1S/C18H23BrN2/c1-3-4-5-14-6-7-16-17(18(14)19)15(12-20-16)13-8-10-21(2)11-9-13/h6-8,12,20H,3-5,9-11H2,1-2H3. The molecule has 2 aromatic rings. The van der Waals surface area contributed by atoms with Gasteiger partial charge in [0, 0.05) is 40.2 Å². The summed E-state index contributed by atoms with van der Waals surface area (Å²) in [6.45, 7) is 4.44. The molecule has 0 unspecified atom stereocenters. The molecule has 1 aromatic carbocycles. The maximum Gasteiger partial charge on any atom is 0.0471 e. The summed E-state index contributed by atoms with van der Waals surface area (Å²) in [5, 5.41) is 1.36. The molecule has 0 saturated heterocycles. The van der Waals surface area contributed by atoms with E-state index >= 15 is 0 Å². The zero-order valence-corrected chi connectivity index (χ0v) is 14.5. The normalized spacial score (nSPS) is 16.4. The average molecular weight is 347 g/mol. The molecule has 0 radical (unpaired) electrons. The highest BCUT2D eigenvalue weighted by Crippen LogP contribution is 2.36. The molecule has 3 heteroatoms.